The largest absolute Gasteiger partial charge is 0.383 e. The van der Waals surface area contributed by atoms with Crippen molar-refractivity contribution in [1.82, 2.24) is 10.2 Å². The van der Waals surface area contributed by atoms with Crippen molar-refractivity contribution in [3.8, 4) is 0 Å². The number of hydrogen-bond donors (Lipinski definition) is 1. The standard InChI is InChI=1S/C16H34N2O/c1-7-17-15(16(3,4)5)12-18(10-11-19-6)13(2)14-8-9-14/h13-15,17H,7-12H2,1-6H3. The number of likely N-dealkylation sites (N-methyl/N-ethyl adjacent to an activating group) is 1. The van der Waals surface area contributed by atoms with Gasteiger partial charge in [-0.15, -0.1) is 0 Å². The summed E-state index contributed by atoms with van der Waals surface area (Å²) in [5.41, 5.74) is 0.296. The first-order valence-electron chi connectivity index (χ1n) is 7.86. The summed E-state index contributed by atoms with van der Waals surface area (Å²) in [6.45, 7) is 15.6. The van der Waals surface area contributed by atoms with Crippen LogP contribution in [0.3, 0.4) is 0 Å². The molecule has 0 spiro atoms. The van der Waals surface area contributed by atoms with Crippen LogP contribution in [-0.2, 0) is 4.74 Å². The fourth-order valence-corrected chi connectivity index (χ4v) is 2.67. The summed E-state index contributed by atoms with van der Waals surface area (Å²) in [5.74, 6) is 0.916. The first-order chi connectivity index (χ1) is 8.90. The average molecular weight is 270 g/mol. The van der Waals surface area contributed by atoms with Gasteiger partial charge in [-0.1, -0.05) is 27.7 Å². The van der Waals surface area contributed by atoms with Crippen molar-refractivity contribution >= 4 is 0 Å². The lowest BCUT2D eigenvalue weighted by Gasteiger charge is -2.38. The summed E-state index contributed by atoms with van der Waals surface area (Å²) in [7, 11) is 1.80. The minimum absolute atomic E-state index is 0.296. The molecule has 1 aliphatic carbocycles. The van der Waals surface area contributed by atoms with E-state index in [1.165, 1.54) is 12.8 Å². The van der Waals surface area contributed by atoms with Gasteiger partial charge in [0.2, 0.25) is 0 Å². The highest BCUT2D eigenvalue weighted by Gasteiger charge is 2.34. The lowest BCUT2D eigenvalue weighted by Crippen LogP contribution is -2.51. The number of hydrogen-bond acceptors (Lipinski definition) is 3. The Morgan fingerprint density at radius 3 is 2.37 bits per heavy atom. The van der Waals surface area contributed by atoms with Crippen LogP contribution in [0, 0.1) is 11.3 Å². The Hall–Kier alpha value is -0.120. The molecule has 0 aromatic carbocycles. The quantitative estimate of drug-likeness (QED) is 0.697. The third kappa shape index (κ3) is 5.80. The van der Waals surface area contributed by atoms with E-state index >= 15 is 0 Å². The van der Waals surface area contributed by atoms with Gasteiger partial charge in [0.25, 0.3) is 0 Å². The summed E-state index contributed by atoms with van der Waals surface area (Å²) >= 11 is 0. The maximum Gasteiger partial charge on any atom is 0.0589 e. The predicted molar refractivity (Wildman–Crippen MR) is 82.6 cm³/mol. The maximum absolute atomic E-state index is 5.29. The van der Waals surface area contributed by atoms with Crippen LogP contribution >= 0.6 is 0 Å². The molecule has 1 rings (SSSR count). The molecule has 2 atom stereocenters. The fourth-order valence-electron chi connectivity index (χ4n) is 2.67. The SMILES string of the molecule is CCNC(CN(CCOC)C(C)C1CC1)C(C)(C)C. The van der Waals surface area contributed by atoms with Crippen LogP contribution in [0.25, 0.3) is 0 Å². The van der Waals surface area contributed by atoms with Crippen LogP contribution in [-0.4, -0.2) is 50.3 Å². The van der Waals surface area contributed by atoms with Crippen molar-refractivity contribution in [3.63, 3.8) is 0 Å². The summed E-state index contributed by atoms with van der Waals surface area (Å²) < 4.78 is 5.29. The van der Waals surface area contributed by atoms with Gasteiger partial charge < -0.3 is 10.1 Å². The van der Waals surface area contributed by atoms with E-state index in [-0.39, 0.29) is 0 Å². The van der Waals surface area contributed by atoms with Crippen LogP contribution in [0.15, 0.2) is 0 Å². The molecule has 3 heteroatoms. The van der Waals surface area contributed by atoms with E-state index < -0.39 is 0 Å². The van der Waals surface area contributed by atoms with Crippen LogP contribution in [0.5, 0.6) is 0 Å². The number of nitrogens with zero attached hydrogens (tertiary/aromatic N) is 1. The van der Waals surface area contributed by atoms with Crippen LogP contribution in [0.1, 0.15) is 47.5 Å². The van der Waals surface area contributed by atoms with Gasteiger partial charge in [0, 0.05) is 32.3 Å². The van der Waals surface area contributed by atoms with Gasteiger partial charge >= 0.3 is 0 Å². The average Bonchev–Trinajstić information content (AvgIpc) is 3.15. The lowest BCUT2D eigenvalue weighted by molar-refractivity contribution is 0.0901. The number of methoxy groups -OCH3 is 1. The van der Waals surface area contributed by atoms with E-state index in [4.69, 9.17) is 4.74 Å². The molecule has 3 nitrogen and oxygen atoms in total. The van der Waals surface area contributed by atoms with Gasteiger partial charge in [-0.2, -0.15) is 0 Å². The molecule has 114 valence electrons. The van der Waals surface area contributed by atoms with Crippen molar-refractivity contribution in [3.05, 3.63) is 0 Å². The Labute approximate surface area is 120 Å². The van der Waals surface area contributed by atoms with Crippen molar-refractivity contribution in [2.75, 3.05) is 33.4 Å². The second-order valence-corrected chi connectivity index (χ2v) is 7.04. The third-order valence-corrected chi connectivity index (χ3v) is 4.38. The first kappa shape index (κ1) is 16.9. The molecule has 0 radical (unpaired) electrons. The molecule has 2 unspecified atom stereocenters. The zero-order valence-electron chi connectivity index (χ0n) is 13.8. The molecule has 1 N–H and O–H groups in total. The minimum Gasteiger partial charge on any atom is -0.383 e. The number of ether oxygens (including phenoxy) is 1. The molecule has 0 heterocycles. The van der Waals surface area contributed by atoms with E-state index in [9.17, 15) is 0 Å². The molecule has 1 saturated carbocycles. The molecular weight excluding hydrogens is 236 g/mol. The smallest absolute Gasteiger partial charge is 0.0589 e. The van der Waals surface area contributed by atoms with Crippen LogP contribution in [0.4, 0.5) is 0 Å². The van der Waals surface area contributed by atoms with Gasteiger partial charge in [0.05, 0.1) is 6.61 Å². The Kier molecular flexibility index (Phi) is 6.78. The molecule has 0 amide bonds. The van der Waals surface area contributed by atoms with Crippen molar-refractivity contribution < 1.29 is 4.74 Å². The highest BCUT2D eigenvalue weighted by Crippen LogP contribution is 2.35. The molecule has 0 bridgehead atoms. The predicted octanol–water partition coefficient (Wildman–Crippen LogP) is 2.76. The van der Waals surface area contributed by atoms with E-state index in [0.717, 1.165) is 32.2 Å². The van der Waals surface area contributed by atoms with Gasteiger partial charge in [-0.05, 0) is 37.6 Å². The monoisotopic (exact) mass is 270 g/mol. The summed E-state index contributed by atoms with van der Waals surface area (Å²) in [6.07, 6.45) is 2.82. The molecule has 0 saturated heterocycles. The van der Waals surface area contributed by atoms with Crippen molar-refractivity contribution in [2.45, 2.75) is 59.5 Å². The van der Waals surface area contributed by atoms with E-state index in [1.54, 1.807) is 7.11 Å². The van der Waals surface area contributed by atoms with E-state index in [2.05, 4.69) is 44.8 Å². The molecule has 0 aromatic rings. The van der Waals surface area contributed by atoms with Crippen molar-refractivity contribution in [1.29, 1.82) is 0 Å². The Balaban J connectivity index is 2.61. The first-order valence-corrected chi connectivity index (χ1v) is 7.86. The Morgan fingerprint density at radius 1 is 1.32 bits per heavy atom. The summed E-state index contributed by atoms with van der Waals surface area (Å²) in [5, 5.41) is 3.66. The zero-order chi connectivity index (χ0) is 14.5. The van der Waals surface area contributed by atoms with Crippen LogP contribution < -0.4 is 5.32 Å². The van der Waals surface area contributed by atoms with Gasteiger partial charge in [0.1, 0.15) is 0 Å². The highest BCUT2D eigenvalue weighted by atomic mass is 16.5. The normalized spacial score (nSPS) is 19.7. The molecule has 0 aliphatic heterocycles. The second-order valence-electron chi connectivity index (χ2n) is 7.04. The number of rotatable bonds is 9. The molecule has 0 aromatic heterocycles. The molecule has 1 aliphatic rings. The Bertz CT molecular complexity index is 246. The topological polar surface area (TPSA) is 24.5 Å². The second kappa shape index (κ2) is 7.61. The molecular formula is C16H34N2O. The highest BCUT2D eigenvalue weighted by molar-refractivity contribution is 4.89. The fraction of sp³-hybridized carbons (Fsp3) is 1.00. The van der Waals surface area contributed by atoms with Crippen LogP contribution in [0.2, 0.25) is 0 Å². The lowest BCUT2D eigenvalue weighted by atomic mass is 9.86. The number of nitrogens with one attached hydrogen (secondary N) is 1. The van der Waals surface area contributed by atoms with Gasteiger partial charge in [0.15, 0.2) is 0 Å². The van der Waals surface area contributed by atoms with Crippen molar-refractivity contribution in [2.24, 2.45) is 11.3 Å². The van der Waals surface area contributed by atoms with Gasteiger partial charge in [-0.25, -0.2) is 0 Å². The minimum atomic E-state index is 0.296. The summed E-state index contributed by atoms with van der Waals surface area (Å²) in [4.78, 5) is 2.62. The Morgan fingerprint density at radius 2 is 1.95 bits per heavy atom. The van der Waals surface area contributed by atoms with E-state index in [0.29, 0.717) is 17.5 Å². The summed E-state index contributed by atoms with van der Waals surface area (Å²) in [6, 6.07) is 1.23. The molecule has 1 fully saturated rings. The maximum atomic E-state index is 5.29. The molecule has 19 heavy (non-hydrogen) atoms. The van der Waals surface area contributed by atoms with Gasteiger partial charge in [-0.3, -0.25) is 4.90 Å². The third-order valence-electron chi connectivity index (χ3n) is 4.38. The zero-order valence-corrected chi connectivity index (χ0v) is 13.8. The van der Waals surface area contributed by atoms with E-state index in [1.807, 2.05) is 0 Å².